The average molecular weight is 1510 g/mol. The molecule has 6 aromatic carbocycles. The van der Waals surface area contributed by atoms with Crippen LogP contribution in [0.15, 0.2) is 178 Å². The van der Waals surface area contributed by atoms with E-state index in [1.54, 1.807) is 38.1 Å². The van der Waals surface area contributed by atoms with E-state index in [0.29, 0.717) is 62.3 Å². The van der Waals surface area contributed by atoms with E-state index >= 15 is 0 Å². The summed E-state index contributed by atoms with van der Waals surface area (Å²) in [5, 5.41) is 29.6. The monoisotopic (exact) mass is 1500 g/mol. The lowest BCUT2D eigenvalue weighted by Crippen LogP contribution is -2.59. The highest BCUT2D eigenvalue weighted by Crippen LogP contribution is 2.27. The number of nitro groups is 2. The molecule has 12 N–H and O–H groups in total. The van der Waals surface area contributed by atoms with Crippen molar-refractivity contribution >= 4 is 90.3 Å². The van der Waals surface area contributed by atoms with Gasteiger partial charge >= 0.3 is 5.97 Å². The number of carbonyl (C=O) groups excluding carboxylic acids is 1. The van der Waals surface area contributed by atoms with Crippen molar-refractivity contribution in [3.05, 3.63) is 206 Å². The molecule has 0 atom stereocenters. The first-order valence-electron chi connectivity index (χ1n) is 30.3. The summed E-state index contributed by atoms with van der Waals surface area (Å²) in [4.78, 5) is 59.8. The fourth-order valence-electron chi connectivity index (χ4n) is 9.04. The summed E-state index contributed by atoms with van der Waals surface area (Å²) in [5.74, 6) is -1.49. The van der Waals surface area contributed by atoms with E-state index in [-0.39, 0.29) is 71.7 Å². The van der Waals surface area contributed by atoms with Crippen molar-refractivity contribution < 1.29 is 77.2 Å². The number of Topliss-reactive ketones (excluding diaryl/α,β-unsaturated/α-hetero) is 1. The van der Waals surface area contributed by atoms with Crippen molar-refractivity contribution in [3.8, 4) is 22.5 Å². The Labute approximate surface area is 592 Å². The van der Waals surface area contributed by atoms with Crippen LogP contribution >= 0.6 is 10.7 Å². The minimum absolute atomic E-state index is 0. The molecule has 0 spiro atoms. The number of ether oxygens (including phenoxy) is 4. The largest absolute Gasteiger partial charge is 0.476 e. The van der Waals surface area contributed by atoms with Crippen LogP contribution in [0.1, 0.15) is 65.4 Å². The van der Waals surface area contributed by atoms with Gasteiger partial charge in [0.15, 0.2) is 23.1 Å². The van der Waals surface area contributed by atoms with Gasteiger partial charge in [0.1, 0.15) is 5.69 Å². The number of carboxylic acid groups (broad SMARTS) is 1. The number of nitrogens with one attached hydrogen (secondary N) is 3. The molecule has 0 amide bonds. The molecule has 6 heterocycles. The van der Waals surface area contributed by atoms with Crippen LogP contribution in [0.4, 0.5) is 28.7 Å². The third kappa shape index (κ3) is 22.8. The Morgan fingerprint density at radius 2 is 0.804 bits per heavy atom. The molecule has 4 fully saturated rings. The summed E-state index contributed by atoms with van der Waals surface area (Å²) >= 11 is 0. The van der Waals surface area contributed by atoms with Gasteiger partial charge in [-0.2, -0.15) is 0 Å². The number of nitrogen functional groups attached to an aromatic ring is 3. The molecule has 32 nitrogen and oxygen atoms in total. The molecule has 4 saturated heterocycles. The third-order valence-electron chi connectivity index (χ3n) is 14.8. The number of carbonyl (C=O) groups is 2. The number of nitro benzene ring substituents is 2. The Morgan fingerprint density at radius 1 is 0.500 bits per heavy atom. The number of rotatable bonds is 18. The van der Waals surface area contributed by atoms with Crippen molar-refractivity contribution in [3.63, 3.8) is 0 Å². The van der Waals surface area contributed by atoms with Crippen LogP contribution in [0, 0.1) is 34.1 Å². The van der Waals surface area contributed by atoms with Crippen LogP contribution in [0.5, 0.6) is 0 Å². The number of aromatic nitrogens is 4. The maximum Gasteiger partial charge on any atom is 0.358 e. The molecular weight excluding hydrogens is 1430 g/mol. The molecule has 2 aromatic heterocycles. The summed E-state index contributed by atoms with van der Waals surface area (Å²) in [7, 11) is -9.64. The van der Waals surface area contributed by atoms with Gasteiger partial charge in [0.2, 0.25) is 30.1 Å². The number of sulfonamides is 3. The van der Waals surface area contributed by atoms with Gasteiger partial charge in [0.05, 0.1) is 128 Å². The number of hydrogen-bond acceptors (Lipinski definition) is 26. The number of nitrogens with zero attached hydrogens (tertiary/aromatic N) is 6. The van der Waals surface area contributed by atoms with Crippen molar-refractivity contribution in [2.24, 2.45) is 5.73 Å². The normalized spacial score (nSPS) is 15.8. The second-order valence-electron chi connectivity index (χ2n) is 24.9. The van der Waals surface area contributed by atoms with Crippen LogP contribution in [0.3, 0.4) is 0 Å². The standard InChI is InChI=1S/C23H24N4O4S.C12H11N3O2.C10H12N2O5S.C10H14N2O3S.C6H4ClNO4S.C4H9NO/c1-15-3-7-17(8-4-15)19-12-25-22(24)21(26-19)20(28)11-16-5-9-18(10-6-16)32(29,30)27-23(2)13-31-14-23;1-7-2-4-8(5-3-7)9-6-14-11(13)10(15-9)12(16)17;1-10(6-17-7-10)11-18(15,16)9-4-2-8(3-5-9)12(13)14;1-10(6-15-7-10)12-16(13,14)9-4-2-8(11)3-5-9;7-13(11,12)6-3-1-5(2-4-6)8(9)10;1-4(5)2-6-3-4/h3-10,12,27H,11,13-14H2,1-2H3,(H2,24,25);2-6H,1H3,(H2,13,14)(H,16,17);2-5,11H,6-7H2,1H3;2-5,12H,6-7,11H2,1H3;1-4H;2-3,5H2,1H3. The van der Waals surface area contributed by atoms with Crippen molar-refractivity contribution in [2.45, 2.75) is 89.7 Å². The lowest BCUT2D eigenvalue weighted by atomic mass is 10.0. The molecule has 0 radical (unpaired) electrons. The molecule has 4 aliphatic rings. The zero-order chi connectivity index (χ0) is 75.2. The Hall–Kier alpha value is -9.41. The first-order chi connectivity index (χ1) is 47.6. The molecule has 102 heavy (non-hydrogen) atoms. The van der Waals surface area contributed by atoms with Crippen LogP contribution < -0.4 is 37.1 Å². The molecule has 37 heteroatoms. The quantitative estimate of drug-likeness (QED) is 0.0149. The minimum atomic E-state index is -3.80. The molecule has 4 aliphatic heterocycles. The Morgan fingerprint density at radius 3 is 1.10 bits per heavy atom. The number of nitrogens with two attached hydrogens (primary N) is 4. The Kier molecular flexibility index (Phi) is 26.0. The molecule has 12 rings (SSSR count). The zero-order valence-corrected chi connectivity index (χ0v) is 59.7. The fraction of sp³-hybridized carbons (Fsp3) is 0.292. The number of non-ortho nitro benzene ring substituents is 2. The number of aromatic carboxylic acids is 1. The van der Waals surface area contributed by atoms with Crippen molar-refractivity contribution in [1.82, 2.24) is 34.1 Å². The summed E-state index contributed by atoms with van der Waals surface area (Å²) < 4.78 is 122. The summed E-state index contributed by atoms with van der Waals surface area (Å²) in [6.45, 7) is 14.9. The van der Waals surface area contributed by atoms with Gasteiger partial charge in [0.25, 0.3) is 20.4 Å². The molecule has 0 unspecified atom stereocenters. The number of benzene rings is 6. The molecule has 8 aromatic rings. The van der Waals surface area contributed by atoms with Gasteiger partial charge in [-0.1, -0.05) is 71.8 Å². The molecule has 0 aliphatic carbocycles. The predicted octanol–water partition coefficient (Wildman–Crippen LogP) is 6.51. The van der Waals surface area contributed by atoms with Crippen molar-refractivity contribution in [1.29, 1.82) is 0 Å². The highest BCUT2D eigenvalue weighted by molar-refractivity contribution is 8.13. The number of anilines is 3. The molecular formula is C65H74ClN13O19S4. The highest BCUT2D eigenvalue weighted by Gasteiger charge is 2.40. The van der Waals surface area contributed by atoms with Gasteiger partial charge < -0.3 is 47.0 Å². The zero-order valence-electron chi connectivity index (χ0n) is 55.7. The van der Waals surface area contributed by atoms with Gasteiger partial charge in [-0.3, -0.25) is 25.0 Å². The van der Waals surface area contributed by atoms with Crippen LogP contribution in [-0.2, 0) is 64.5 Å². The van der Waals surface area contributed by atoms with Gasteiger partial charge in [0, 0.05) is 58.2 Å². The maximum absolute atomic E-state index is 12.9. The van der Waals surface area contributed by atoms with Gasteiger partial charge in [-0.15, -0.1) is 0 Å². The van der Waals surface area contributed by atoms with E-state index < -0.39 is 71.6 Å². The number of ketones is 1. The second-order valence-corrected chi connectivity index (χ2v) is 32.5. The van der Waals surface area contributed by atoms with E-state index in [0.717, 1.165) is 71.9 Å². The smallest absolute Gasteiger partial charge is 0.358 e. The van der Waals surface area contributed by atoms with Crippen LogP contribution in [0.25, 0.3) is 22.5 Å². The summed E-state index contributed by atoms with van der Waals surface area (Å²) in [5.41, 5.74) is 26.4. The Bertz CT molecular complexity index is 4780. The highest BCUT2D eigenvalue weighted by atomic mass is 35.7. The number of halogens is 1. The summed E-state index contributed by atoms with van der Waals surface area (Å²) in [6, 6.07) is 36.7. The SMILES string of the molecule is CC1(N)COC1.CC1(NS(=O)(=O)c2ccc(N)cc2)COC1.CC1(NS(=O)(=O)c2ccc([N+](=O)[O-])cc2)COC1.Cc1ccc(-c2cnc(N)c(C(=O)Cc3ccc(S(=O)(=O)NC4(C)COC4)cc3)n2)cc1.Cc1ccc(-c2cnc(N)c(C(=O)O)n2)cc1.O=[N+]([O-])c1ccc(S(=O)(=O)Cl)cc1. The van der Waals surface area contributed by atoms with Gasteiger partial charge in [-0.05, 0) is 108 Å². The topological polar surface area (TPSA) is 506 Å². The van der Waals surface area contributed by atoms with E-state index in [4.69, 9.17) is 57.7 Å². The lowest BCUT2D eigenvalue weighted by Gasteiger charge is -2.38. The first kappa shape index (κ1) is 79.9. The van der Waals surface area contributed by atoms with E-state index in [2.05, 4.69) is 34.1 Å². The summed E-state index contributed by atoms with van der Waals surface area (Å²) in [6.07, 6.45) is 3.03. The average Bonchev–Trinajstić information content (AvgIpc) is 0.801. The third-order valence-corrected chi connectivity index (χ3v) is 21.1. The molecule has 544 valence electrons. The first-order valence-corrected chi connectivity index (χ1v) is 37.1. The molecule has 0 bridgehead atoms. The Balaban J connectivity index is 0.000000181. The lowest BCUT2D eigenvalue weighted by molar-refractivity contribution is -0.385. The van der Waals surface area contributed by atoms with E-state index in [1.165, 1.54) is 48.8 Å². The minimum Gasteiger partial charge on any atom is -0.476 e. The number of aryl methyl sites for hydroxylation is 2. The predicted molar refractivity (Wildman–Crippen MR) is 377 cm³/mol. The molecule has 0 saturated carbocycles. The van der Waals surface area contributed by atoms with Gasteiger partial charge in [-0.25, -0.2) is 72.6 Å². The second kappa shape index (κ2) is 33.1. The van der Waals surface area contributed by atoms with E-state index in [1.807, 2.05) is 76.2 Å². The van der Waals surface area contributed by atoms with Crippen molar-refractivity contribution in [2.75, 3.05) is 70.1 Å². The maximum atomic E-state index is 12.9. The van der Waals surface area contributed by atoms with Crippen LogP contribution in [0.2, 0.25) is 0 Å². The number of carboxylic acids is 1. The van der Waals surface area contributed by atoms with Crippen LogP contribution in [-0.4, -0.2) is 155 Å². The number of hydrogen-bond donors (Lipinski definition) is 8. The fourth-order valence-corrected chi connectivity index (χ4v) is 13.9. The van der Waals surface area contributed by atoms with E-state index in [9.17, 15) is 63.5 Å².